The first-order valence-corrected chi connectivity index (χ1v) is 5.61. The number of halogens is 2. The molecule has 0 unspecified atom stereocenters. The minimum atomic E-state index is -0.178. The highest BCUT2D eigenvalue weighted by atomic mass is 79.9. The summed E-state index contributed by atoms with van der Waals surface area (Å²) in [6.45, 7) is 1.35. The molecule has 0 heterocycles. The van der Waals surface area contributed by atoms with Crippen molar-refractivity contribution in [1.82, 2.24) is 5.32 Å². The third-order valence-electron chi connectivity index (χ3n) is 2.00. The molecule has 1 aromatic carbocycles. The van der Waals surface area contributed by atoms with Crippen LogP contribution >= 0.6 is 15.9 Å². The van der Waals surface area contributed by atoms with Crippen molar-refractivity contribution < 1.29 is 4.39 Å². The Morgan fingerprint density at radius 3 is 3.00 bits per heavy atom. The van der Waals surface area contributed by atoms with Crippen LogP contribution in [0, 0.1) is 18.2 Å². The maximum Gasteiger partial charge on any atom is 0.127 e. The van der Waals surface area contributed by atoms with Crippen molar-refractivity contribution in [1.29, 1.82) is 0 Å². The Morgan fingerprint density at radius 1 is 1.47 bits per heavy atom. The van der Waals surface area contributed by atoms with E-state index in [2.05, 4.69) is 27.2 Å². The van der Waals surface area contributed by atoms with Crippen LogP contribution in [0.4, 0.5) is 4.39 Å². The fraction of sp³-hybridized carbons (Fsp3) is 0.333. The Hall–Kier alpha value is -0.850. The number of terminal acetylenes is 1. The van der Waals surface area contributed by atoms with Gasteiger partial charge in [0.15, 0.2) is 0 Å². The molecule has 80 valence electrons. The van der Waals surface area contributed by atoms with Crippen LogP contribution in [0.3, 0.4) is 0 Å². The van der Waals surface area contributed by atoms with Crippen LogP contribution in [-0.2, 0) is 6.54 Å². The average molecular weight is 270 g/mol. The molecule has 0 aromatic heterocycles. The lowest BCUT2D eigenvalue weighted by atomic mass is 10.2. The average Bonchev–Trinajstić information content (AvgIpc) is 2.23. The largest absolute Gasteiger partial charge is 0.313 e. The van der Waals surface area contributed by atoms with Crippen LogP contribution in [-0.4, -0.2) is 6.54 Å². The van der Waals surface area contributed by atoms with Crippen LogP contribution in [0.1, 0.15) is 18.4 Å². The molecule has 0 amide bonds. The molecule has 1 nitrogen and oxygen atoms in total. The summed E-state index contributed by atoms with van der Waals surface area (Å²) in [5, 5.41) is 3.15. The maximum absolute atomic E-state index is 13.3. The number of benzene rings is 1. The van der Waals surface area contributed by atoms with Crippen molar-refractivity contribution in [3.05, 3.63) is 34.1 Å². The molecule has 3 heteroatoms. The molecule has 0 bridgehead atoms. The summed E-state index contributed by atoms with van der Waals surface area (Å²) < 4.78 is 14.1. The van der Waals surface area contributed by atoms with Gasteiger partial charge in [-0.3, -0.25) is 0 Å². The molecule has 1 N–H and O–H groups in total. The van der Waals surface area contributed by atoms with Crippen molar-refractivity contribution in [2.24, 2.45) is 0 Å². The second-order valence-electron chi connectivity index (χ2n) is 3.22. The van der Waals surface area contributed by atoms with Gasteiger partial charge in [0.05, 0.1) is 0 Å². The van der Waals surface area contributed by atoms with E-state index >= 15 is 0 Å². The van der Waals surface area contributed by atoms with E-state index < -0.39 is 0 Å². The van der Waals surface area contributed by atoms with Crippen molar-refractivity contribution in [3.63, 3.8) is 0 Å². The Morgan fingerprint density at radius 2 is 2.27 bits per heavy atom. The van der Waals surface area contributed by atoms with Crippen LogP contribution in [0.25, 0.3) is 0 Å². The molecule has 0 saturated heterocycles. The predicted molar refractivity (Wildman–Crippen MR) is 63.9 cm³/mol. The molecule has 15 heavy (non-hydrogen) atoms. The molecule has 0 atom stereocenters. The van der Waals surface area contributed by atoms with E-state index in [-0.39, 0.29) is 5.82 Å². The first kappa shape index (κ1) is 12.2. The van der Waals surface area contributed by atoms with Crippen LogP contribution in [0.15, 0.2) is 22.7 Å². The summed E-state index contributed by atoms with van der Waals surface area (Å²) in [4.78, 5) is 0. The van der Waals surface area contributed by atoms with E-state index in [9.17, 15) is 4.39 Å². The van der Waals surface area contributed by atoms with E-state index in [4.69, 9.17) is 6.42 Å². The van der Waals surface area contributed by atoms with Gasteiger partial charge in [-0.25, -0.2) is 4.39 Å². The lowest BCUT2D eigenvalue weighted by Gasteiger charge is -2.05. The fourth-order valence-electron chi connectivity index (χ4n) is 1.22. The summed E-state index contributed by atoms with van der Waals surface area (Å²) in [5.41, 5.74) is 0.671. The quantitative estimate of drug-likeness (QED) is 0.640. The lowest BCUT2D eigenvalue weighted by molar-refractivity contribution is 0.583. The Balaban J connectivity index is 2.37. The molecular formula is C12H13BrFN. The van der Waals surface area contributed by atoms with Crippen molar-refractivity contribution in [2.75, 3.05) is 6.54 Å². The van der Waals surface area contributed by atoms with Gasteiger partial charge in [0.2, 0.25) is 0 Å². The smallest absolute Gasteiger partial charge is 0.127 e. The summed E-state index contributed by atoms with van der Waals surface area (Å²) in [5.74, 6) is 2.39. The lowest BCUT2D eigenvalue weighted by Crippen LogP contribution is -2.15. The number of hydrogen-bond donors (Lipinski definition) is 1. The van der Waals surface area contributed by atoms with Gasteiger partial charge >= 0.3 is 0 Å². The zero-order chi connectivity index (χ0) is 11.1. The topological polar surface area (TPSA) is 12.0 Å². The van der Waals surface area contributed by atoms with Crippen LogP contribution in [0.5, 0.6) is 0 Å². The van der Waals surface area contributed by atoms with Gasteiger partial charge in [-0.15, -0.1) is 12.3 Å². The van der Waals surface area contributed by atoms with Crippen LogP contribution < -0.4 is 5.32 Å². The maximum atomic E-state index is 13.3. The van der Waals surface area contributed by atoms with E-state index in [1.54, 1.807) is 12.1 Å². The highest BCUT2D eigenvalue weighted by Crippen LogP contribution is 2.15. The minimum absolute atomic E-state index is 0.178. The molecule has 0 aliphatic heterocycles. The van der Waals surface area contributed by atoms with E-state index in [0.29, 0.717) is 12.1 Å². The number of hydrogen-bond acceptors (Lipinski definition) is 1. The SMILES string of the molecule is C#CCCCNCc1cc(Br)ccc1F. The van der Waals surface area contributed by atoms with Gasteiger partial charge in [0.1, 0.15) is 5.82 Å². The number of nitrogens with one attached hydrogen (secondary N) is 1. The second-order valence-corrected chi connectivity index (χ2v) is 4.14. The first-order valence-electron chi connectivity index (χ1n) is 4.82. The van der Waals surface area contributed by atoms with E-state index in [1.807, 2.05) is 0 Å². The number of unbranched alkanes of at least 4 members (excludes halogenated alkanes) is 1. The molecule has 0 radical (unpaired) electrons. The first-order chi connectivity index (χ1) is 7.24. The molecule has 0 aliphatic carbocycles. The van der Waals surface area contributed by atoms with Gasteiger partial charge in [0, 0.05) is 23.0 Å². The van der Waals surface area contributed by atoms with Gasteiger partial charge in [-0.05, 0) is 31.2 Å². The molecule has 1 rings (SSSR count). The van der Waals surface area contributed by atoms with Gasteiger partial charge in [-0.1, -0.05) is 15.9 Å². The molecule has 0 aliphatic rings. The van der Waals surface area contributed by atoms with Crippen molar-refractivity contribution in [3.8, 4) is 12.3 Å². The zero-order valence-electron chi connectivity index (χ0n) is 8.39. The van der Waals surface area contributed by atoms with E-state index in [0.717, 1.165) is 23.9 Å². The summed E-state index contributed by atoms with van der Waals surface area (Å²) >= 11 is 3.31. The monoisotopic (exact) mass is 269 g/mol. The Kier molecular flexibility index (Phi) is 5.38. The van der Waals surface area contributed by atoms with Gasteiger partial charge in [0.25, 0.3) is 0 Å². The highest BCUT2D eigenvalue weighted by molar-refractivity contribution is 9.10. The zero-order valence-corrected chi connectivity index (χ0v) is 9.98. The predicted octanol–water partition coefficient (Wildman–Crippen LogP) is 3.09. The van der Waals surface area contributed by atoms with Crippen molar-refractivity contribution >= 4 is 15.9 Å². The third kappa shape index (κ3) is 4.46. The summed E-state index contributed by atoms with van der Waals surface area (Å²) in [7, 11) is 0. The number of rotatable bonds is 5. The van der Waals surface area contributed by atoms with Crippen LogP contribution in [0.2, 0.25) is 0 Å². The molecule has 0 fully saturated rings. The summed E-state index contributed by atoms with van der Waals surface area (Å²) in [6, 6.07) is 4.93. The fourth-order valence-corrected chi connectivity index (χ4v) is 1.63. The van der Waals surface area contributed by atoms with Gasteiger partial charge < -0.3 is 5.32 Å². The Labute approximate surface area is 98.2 Å². The highest BCUT2D eigenvalue weighted by Gasteiger charge is 2.01. The molecule has 0 saturated carbocycles. The standard InChI is InChI=1S/C12H13BrFN/c1-2-3-4-7-15-9-10-8-11(13)5-6-12(10)14/h1,5-6,8,15H,3-4,7,9H2. The normalized spacial score (nSPS) is 9.93. The van der Waals surface area contributed by atoms with E-state index in [1.165, 1.54) is 6.07 Å². The summed E-state index contributed by atoms with van der Waals surface area (Å²) in [6.07, 6.45) is 6.80. The molecule has 0 spiro atoms. The Bertz CT molecular complexity index is 357. The van der Waals surface area contributed by atoms with Gasteiger partial charge in [-0.2, -0.15) is 0 Å². The molecule has 1 aromatic rings. The second kappa shape index (κ2) is 6.60. The minimum Gasteiger partial charge on any atom is -0.313 e. The third-order valence-corrected chi connectivity index (χ3v) is 2.49. The molecular weight excluding hydrogens is 257 g/mol. The van der Waals surface area contributed by atoms with Crippen molar-refractivity contribution in [2.45, 2.75) is 19.4 Å².